The van der Waals surface area contributed by atoms with E-state index in [9.17, 15) is 26.3 Å². The molecule has 1 aromatic carbocycles. The van der Waals surface area contributed by atoms with E-state index in [4.69, 9.17) is 5.73 Å². The highest BCUT2D eigenvalue weighted by atomic mass is 19.4. The number of hydrogen-bond donors (Lipinski definition) is 1. The van der Waals surface area contributed by atoms with Crippen LogP contribution in [0.4, 0.5) is 26.3 Å². The highest BCUT2D eigenvalue weighted by Crippen LogP contribution is 2.40. The van der Waals surface area contributed by atoms with Crippen LogP contribution in [0.25, 0.3) is 11.3 Å². The van der Waals surface area contributed by atoms with Crippen LogP contribution < -0.4 is 5.73 Å². The van der Waals surface area contributed by atoms with Gasteiger partial charge in [0, 0.05) is 23.7 Å². The summed E-state index contributed by atoms with van der Waals surface area (Å²) in [6.45, 7) is 0. The van der Waals surface area contributed by atoms with Gasteiger partial charge in [0.15, 0.2) is 0 Å². The van der Waals surface area contributed by atoms with Crippen LogP contribution in [0.2, 0.25) is 0 Å². The van der Waals surface area contributed by atoms with Gasteiger partial charge in [-0.3, -0.25) is 4.98 Å². The summed E-state index contributed by atoms with van der Waals surface area (Å²) in [6.07, 6.45) is -7.52. The highest BCUT2D eigenvalue weighted by molar-refractivity contribution is 5.62. The predicted molar refractivity (Wildman–Crippen MR) is 75.0 cm³/mol. The largest absolute Gasteiger partial charge is 0.416 e. The van der Waals surface area contributed by atoms with Gasteiger partial charge in [-0.05, 0) is 36.2 Å². The van der Waals surface area contributed by atoms with E-state index >= 15 is 0 Å². The molecule has 2 aromatic rings. The summed E-state index contributed by atoms with van der Waals surface area (Å²) in [5.41, 5.74) is 3.63. The van der Waals surface area contributed by atoms with Crippen LogP contribution in [0.1, 0.15) is 29.0 Å². The summed E-state index contributed by atoms with van der Waals surface area (Å²) in [7, 11) is 0. The smallest absolute Gasteiger partial charge is 0.327 e. The SMILES string of the molecule is N[C@H]1C[C@@H]1c1ccc(-c2cc(C(F)(F)F)cc(C(F)(F)F)c2)nc1. The van der Waals surface area contributed by atoms with Crippen molar-refractivity contribution in [2.45, 2.75) is 30.7 Å². The van der Waals surface area contributed by atoms with E-state index in [1.165, 1.54) is 12.3 Å². The van der Waals surface area contributed by atoms with Crippen molar-refractivity contribution in [3.8, 4) is 11.3 Å². The van der Waals surface area contributed by atoms with Crippen molar-refractivity contribution in [1.29, 1.82) is 0 Å². The maximum atomic E-state index is 12.9. The van der Waals surface area contributed by atoms with Crippen molar-refractivity contribution in [2.24, 2.45) is 5.73 Å². The fourth-order valence-corrected chi connectivity index (χ4v) is 2.50. The van der Waals surface area contributed by atoms with Gasteiger partial charge in [0.1, 0.15) is 0 Å². The van der Waals surface area contributed by atoms with Gasteiger partial charge in [-0.2, -0.15) is 26.3 Å². The number of alkyl halides is 6. The molecule has 8 heteroatoms. The Labute approximate surface area is 133 Å². The molecule has 128 valence electrons. The molecule has 0 aliphatic heterocycles. The molecule has 1 aliphatic carbocycles. The van der Waals surface area contributed by atoms with E-state index in [-0.39, 0.29) is 29.3 Å². The van der Waals surface area contributed by atoms with Crippen molar-refractivity contribution in [1.82, 2.24) is 4.98 Å². The van der Waals surface area contributed by atoms with Gasteiger partial charge in [0.2, 0.25) is 0 Å². The van der Waals surface area contributed by atoms with Crippen LogP contribution in [0.5, 0.6) is 0 Å². The lowest BCUT2D eigenvalue weighted by molar-refractivity contribution is -0.143. The average molecular weight is 346 g/mol. The molecule has 0 radical (unpaired) electrons. The lowest BCUT2D eigenvalue weighted by Gasteiger charge is -2.14. The van der Waals surface area contributed by atoms with E-state index in [0.29, 0.717) is 12.1 Å². The fraction of sp³-hybridized carbons (Fsp3) is 0.312. The summed E-state index contributed by atoms with van der Waals surface area (Å²) < 4.78 is 77.2. The molecule has 0 spiro atoms. The number of nitrogens with two attached hydrogens (primary N) is 1. The number of hydrogen-bond acceptors (Lipinski definition) is 2. The van der Waals surface area contributed by atoms with E-state index in [1.54, 1.807) is 6.07 Å². The second-order valence-corrected chi connectivity index (χ2v) is 5.78. The van der Waals surface area contributed by atoms with Gasteiger partial charge in [-0.25, -0.2) is 0 Å². The minimum absolute atomic E-state index is 0.0306. The zero-order valence-electron chi connectivity index (χ0n) is 12.1. The number of pyridine rings is 1. The molecule has 0 amide bonds. The minimum Gasteiger partial charge on any atom is -0.327 e. The summed E-state index contributed by atoms with van der Waals surface area (Å²) in [5.74, 6) is 0.152. The Bertz CT molecular complexity index is 716. The van der Waals surface area contributed by atoms with Crippen LogP contribution in [0.3, 0.4) is 0 Å². The Morgan fingerprint density at radius 3 is 1.83 bits per heavy atom. The van der Waals surface area contributed by atoms with Crippen molar-refractivity contribution in [3.05, 3.63) is 53.2 Å². The van der Waals surface area contributed by atoms with E-state index in [1.807, 2.05) is 0 Å². The first-order valence-corrected chi connectivity index (χ1v) is 7.07. The van der Waals surface area contributed by atoms with Gasteiger partial charge in [0.05, 0.1) is 16.8 Å². The molecule has 0 bridgehead atoms. The lowest BCUT2D eigenvalue weighted by atomic mass is 10.0. The summed E-state index contributed by atoms with van der Waals surface area (Å²) in [6, 6.07) is 4.51. The molecular weight excluding hydrogens is 334 g/mol. The first kappa shape index (κ1) is 16.8. The Morgan fingerprint density at radius 1 is 0.917 bits per heavy atom. The van der Waals surface area contributed by atoms with Gasteiger partial charge in [-0.1, -0.05) is 6.07 Å². The summed E-state index contributed by atoms with van der Waals surface area (Å²) in [4.78, 5) is 4.00. The molecule has 2 N–H and O–H groups in total. The van der Waals surface area contributed by atoms with E-state index in [0.717, 1.165) is 12.0 Å². The van der Waals surface area contributed by atoms with Gasteiger partial charge >= 0.3 is 12.4 Å². The molecule has 24 heavy (non-hydrogen) atoms. The maximum Gasteiger partial charge on any atom is 0.416 e. The van der Waals surface area contributed by atoms with Crippen molar-refractivity contribution >= 4 is 0 Å². The van der Waals surface area contributed by atoms with Gasteiger partial charge in [0.25, 0.3) is 0 Å². The van der Waals surface area contributed by atoms with Gasteiger partial charge < -0.3 is 5.73 Å². The van der Waals surface area contributed by atoms with Crippen LogP contribution in [0.15, 0.2) is 36.5 Å². The molecule has 3 rings (SSSR count). The number of rotatable bonds is 2. The molecule has 2 nitrogen and oxygen atoms in total. The molecule has 1 saturated carbocycles. The van der Waals surface area contributed by atoms with Crippen LogP contribution >= 0.6 is 0 Å². The first-order valence-electron chi connectivity index (χ1n) is 7.07. The normalized spacial score (nSPS) is 21.0. The third-order valence-electron chi connectivity index (χ3n) is 3.94. The molecular formula is C16H12F6N2. The number of halogens is 6. The fourth-order valence-electron chi connectivity index (χ4n) is 2.50. The third-order valence-corrected chi connectivity index (χ3v) is 3.94. The zero-order chi connectivity index (χ0) is 17.7. The Morgan fingerprint density at radius 2 is 1.46 bits per heavy atom. The average Bonchev–Trinajstić information content (AvgIpc) is 3.22. The monoisotopic (exact) mass is 346 g/mol. The Hall–Kier alpha value is -2.09. The highest BCUT2D eigenvalue weighted by Gasteiger charge is 2.37. The molecule has 1 aromatic heterocycles. The van der Waals surface area contributed by atoms with Crippen LogP contribution in [-0.4, -0.2) is 11.0 Å². The van der Waals surface area contributed by atoms with E-state index < -0.39 is 23.5 Å². The van der Waals surface area contributed by atoms with Crippen molar-refractivity contribution < 1.29 is 26.3 Å². The van der Waals surface area contributed by atoms with Crippen molar-refractivity contribution in [3.63, 3.8) is 0 Å². The number of aromatic nitrogens is 1. The third kappa shape index (κ3) is 3.38. The van der Waals surface area contributed by atoms with Gasteiger partial charge in [-0.15, -0.1) is 0 Å². The van der Waals surface area contributed by atoms with Crippen LogP contribution in [0, 0.1) is 0 Å². The predicted octanol–water partition coefficient (Wildman–Crippen LogP) is 4.60. The number of benzene rings is 1. The first-order chi connectivity index (χ1) is 11.1. The Kier molecular flexibility index (Phi) is 3.82. The van der Waals surface area contributed by atoms with Crippen molar-refractivity contribution in [2.75, 3.05) is 0 Å². The second kappa shape index (κ2) is 5.47. The van der Waals surface area contributed by atoms with Crippen LogP contribution in [-0.2, 0) is 12.4 Å². The van der Waals surface area contributed by atoms with E-state index in [2.05, 4.69) is 4.98 Å². The maximum absolute atomic E-state index is 12.9. The summed E-state index contributed by atoms with van der Waals surface area (Å²) >= 11 is 0. The molecule has 2 atom stereocenters. The topological polar surface area (TPSA) is 38.9 Å². The minimum atomic E-state index is -4.88. The summed E-state index contributed by atoms with van der Waals surface area (Å²) in [5, 5.41) is 0. The molecule has 0 saturated heterocycles. The zero-order valence-corrected chi connectivity index (χ0v) is 12.1. The number of nitrogens with zero attached hydrogens (tertiary/aromatic N) is 1. The lowest BCUT2D eigenvalue weighted by Crippen LogP contribution is -2.11. The molecule has 1 fully saturated rings. The standard InChI is InChI=1S/C16H12F6N2/c17-15(18,19)10-3-9(4-11(5-10)16(20,21)22)14-2-1-8(7-24-14)12-6-13(12)23/h1-5,7,12-13H,6,23H2/t12-,13+/m1/s1. The Balaban J connectivity index is 2.03. The molecule has 0 unspecified atom stereocenters. The molecule has 1 heterocycles. The quantitative estimate of drug-likeness (QED) is 0.807. The second-order valence-electron chi connectivity index (χ2n) is 5.78. The molecule has 1 aliphatic rings.